The van der Waals surface area contributed by atoms with E-state index in [4.69, 9.17) is 9.72 Å². The van der Waals surface area contributed by atoms with E-state index in [1.54, 1.807) is 23.3 Å². The quantitative estimate of drug-likeness (QED) is 0.724. The third kappa shape index (κ3) is 4.06. The third-order valence-corrected chi connectivity index (χ3v) is 7.99. The number of ether oxygens (including phenoxy) is 1. The Labute approximate surface area is 175 Å². The Morgan fingerprint density at radius 1 is 1.17 bits per heavy atom. The number of hydrogen-bond acceptors (Lipinski definition) is 7. The van der Waals surface area contributed by atoms with Crippen LogP contribution in [0.2, 0.25) is 0 Å². The number of methoxy groups -OCH3 is 1. The molecule has 0 aliphatic carbocycles. The van der Waals surface area contributed by atoms with E-state index in [1.165, 1.54) is 10.6 Å². The molecule has 2 aliphatic rings. The van der Waals surface area contributed by atoms with Gasteiger partial charge in [0, 0.05) is 32.7 Å². The zero-order chi connectivity index (χ0) is 20.6. The molecule has 0 N–H and O–H groups in total. The minimum atomic E-state index is -3.38. The third-order valence-electron chi connectivity index (χ3n) is 5.62. The number of para-hydroxylation sites is 1. The summed E-state index contributed by atoms with van der Waals surface area (Å²) in [7, 11) is -1.74. The van der Waals surface area contributed by atoms with Crippen molar-refractivity contribution in [1.82, 2.24) is 14.2 Å². The topological polar surface area (TPSA) is 83.0 Å². The van der Waals surface area contributed by atoms with Crippen LogP contribution < -0.4 is 9.64 Å². The SMILES string of the molecule is COc1cccc2sc(N3CCN(C(=O)C4CCCCN4S(C)(=O)=O)CC3)nc12. The van der Waals surface area contributed by atoms with Crippen molar-refractivity contribution in [2.45, 2.75) is 25.3 Å². The lowest BCUT2D eigenvalue weighted by atomic mass is 10.0. The highest BCUT2D eigenvalue weighted by Gasteiger charge is 2.37. The first-order valence-electron chi connectivity index (χ1n) is 9.82. The first-order valence-corrected chi connectivity index (χ1v) is 12.5. The molecule has 2 aliphatic heterocycles. The van der Waals surface area contributed by atoms with Gasteiger partial charge in [-0.1, -0.05) is 23.8 Å². The number of nitrogens with zero attached hydrogens (tertiary/aromatic N) is 4. The number of thiazole rings is 1. The fourth-order valence-electron chi connectivity index (χ4n) is 4.09. The fourth-order valence-corrected chi connectivity index (χ4v) is 6.24. The second-order valence-corrected chi connectivity index (χ2v) is 10.4. The second-order valence-electron chi connectivity index (χ2n) is 7.50. The zero-order valence-electron chi connectivity index (χ0n) is 16.7. The van der Waals surface area contributed by atoms with Crippen molar-refractivity contribution >= 4 is 42.6 Å². The number of fused-ring (bicyclic) bond motifs is 1. The number of amides is 1. The molecule has 1 aromatic heterocycles. The van der Waals surface area contributed by atoms with Crippen molar-refractivity contribution in [2.75, 3.05) is 51.0 Å². The van der Waals surface area contributed by atoms with Crippen LogP contribution in [0, 0.1) is 0 Å². The highest BCUT2D eigenvalue weighted by atomic mass is 32.2. The van der Waals surface area contributed by atoms with Gasteiger partial charge in [0.15, 0.2) is 5.13 Å². The lowest BCUT2D eigenvalue weighted by Crippen LogP contribution is -2.57. The van der Waals surface area contributed by atoms with Gasteiger partial charge in [-0.15, -0.1) is 0 Å². The molecule has 0 bridgehead atoms. The Balaban J connectivity index is 1.44. The van der Waals surface area contributed by atoms with Crippen LogP contribution in [-0.4, -0.2) is 80.6 Å². The summed E-state index contributed by atoms with van der Waals surface area (Å²) in [6, 6.07) is 5.33. The number of piperazine rings is 1. The van der Waals surface area contributed by atoms with Crippen molar-refractivity contribution in [2.24, 2.45) is 0 Å². The molecule has 1 unspecified atom stereocenters. The Bertz CT molecular complexity index is 999. The van der Waals surface area contributed by atoms with Gasteiger partial charge in [0.25, 0.3) is 0 Å². The average molecular weight is 439 g/mol. The van der Waals surface area contributed by atoms with Gasteiger partial charge in [-0.05, 0) is 25.0 Å². The lowest BCUT2D eigenvalue weighted by Gasteiger charge is -2.39. The van der Waals surface area contributed by atoms with Crippen molar-refractivity contribution in [3.8, 4) is 5.75 Å². The Morgan fingerprint density at radius 2 is 1.93 bits per heavy atom. The largest absolute Gasteiger partial charge is 0.494 e. The summed E-state index contributed by atoms with van der Waals surface area (Å²) >= 11 is 1.62. The molecule has 0 spiro atoms. The van der Waals surface area contributed by atoms with Gasteiger partial charge in [-0.2, -0.15) is 4.31 Å². The van der Waals surface area contributed by atoms with Gasteiger partial charge < -0.3 is 14.5 Å². The summed E-state index contributed by atoms with van der Waals surface area (Å²) in [6.45, 7) is 2.93. The number of carbonyl (C=O) groups excluding carboxylic acids is 1. The standard InChI is InChI=1S/C19H26N4O4S2/c1-27-15-7-5-8-16-17(15)20-19(28-16)22-12-10-21(11-13-22)18(24)14-6-3-4-9-23(14)29(2,25)26/h5,7-8,14H,3-4,6,9-13H2,1-2H3. The summed E-state index contributed by atoms with van der Waals surface area (Å²) in [5.41, 5.74) is 0.861. The lowest BCUT2D eigenvalue weighted by molar-refractivity contribution is -0.136. The molecule has 8 nitrogen and oxygen atoms in total. The molecule has 2 fully saturated rings. The molecule has 2 aromatic rings. The van der Waals surface area contributed by atoms with Crippen molar-refractivity contribution < 1.29 is 17.9 Å². The number of hydrogen-bond donors (Lipinski definition) is 0. The minimum Gasteiger partial charge on any atom is -0.494 e. The van der Waals surface area contributed by atoms with E-state index in [-0.39, 0.29) is 5.91 Å². The number of anilines is 1. The van der Waals surface area contributed by atoms with Gasteiger partial charge in [-0.3, -0.25) is 4.79 Å². The first kappa shape index (κ1) is 20.4. The molecular weight excluding hydrogens is 412 g/mol. The predicted molar refractivity (Wildman–Crippen MR) is 114 cm³/mol. The van der Waals surface area contributed by atoms with Crippen LogP contribution in [0.3, 0.4) is 0 Å². The smallest absolute Gasteiger partial charge is 0.241 e. The van der Waals surface area contributed by atoms with E-state index in [1.807, 2.05) is 18.2 Å². The number of aromatic nitrogens is 1. The van der Waals surface area contributed by atoms with Crippen molar-refractivity contribution in [3.63, 3.8) is 0 Å². The maximum atomic E-state index is 13.0. The first-order chi connectivity index (χ1) is 13.9. The maximum Gasteiger partial charge on any atom is 0.241 e. The Morgan fingerprint density at radius 3 is 2.62 bits per heavy atom. The molecule has 1 atom stereocenters. The molecule has 29 heavy (non-hydrogen) atoms. The van der Waals surface area contributed by atoms with Gasteiger partial charge in [0.05, 0.1) is 18.1 Å². The summed E-state index contributed by atoms with van der Waals surface area (Å²) in [4.78, 5) is 21.8. The minimum absolute atomic E-state index is 0.0688. The maximum absolute atomic E-state index is 13.0. The molecule has 4 rings (SSSR count). The van der Waals surface area contributed by atoms with E-state index in [0.29, 0.717) is 39.1 Å². The summed E-state index contributed by atoms with van der Waals surface area (Å²) in [5.74, 6) is 0.692. The molecule has 3 heterocycles. The highest BCUT2D eigenvalue weighted by Crippen LogP contribution is 2.34. The fraction of sp³-hybridized carbons (Fsp3) is 0.579. The van der Waals surface area contributed by atoms with Crippen LogP contribution in [0.4, 0.5) is 5.13 Å². The van der Waals surface area contributed by atoms with Crippen LogP contribution in [0.15, 0.2) is 18.2 Å². The Hall–Kier alpha value is -1.91. The monoisotopic (exact) mass is 438 g/mol. The van der Waals surface area contributed by atoms with Gasteiger partial charge in [0.2, 0.25) is 15.9 Å². The molecule has 10 heteroatoms. The number of rotatable bonds is 4. The van der Waals surface area contributed by atoms with Crippen LogP contribution >= 0.6 is 11.3 Å². The van der Waals surface area contributed by atoms with Gasteiger partial charge in [-0.25, -0.2) is 13.4 Å². The van der Waals surface area contributed by atoms with E-state index >= 15 is 0 Å². The number of sulfonamides is 1. The molecule has 1 aromatic carbocycles. The molecular formula is C19H26N4O4S2. The molecule has 2 saturated heterocycles. The van der Waals surface area contributed by atoms with Crippen molar-refractivity contribution in [1.29, 1.82) is 0 Å². The molecule has 158 valence electrons. The number of benzene rings is 1. The van der Waals surface area contributed by atoms with Crippen LogP contribution in [-0.2, 0) is 14.8 Å². The molecule has 0 radical (unpaired) electrons. The predicted octanol–water partition coefficient (Wildman–Crippen LogP) is 1.77. The summed E-state index contributed by atoms with van der Waals surface area (Å²) < 4.78 is 32.0. The highest BCUT2D eigenvalue weighted by molar-refractivity contribution is 7.88. The summed E-state index contributed by atoms with van der Waals surface area (Å²) in [6.07, 6.45) is 3.49. The van der Waals surface area contributed by atoms with Gasteiger partial charge >= 0.3 is 0 Å². The Kier molecular flexibility index (Phi) is 5.67. The van der Waals surface area contributed by atoms with Crippen molar-refractivity contribution in [3.05, 3.63) is 18.2 Å². The van der Waals surface area contributed by atoms with Crippen LogP contribution in [0.25, 0.3) is 10.2 Å². The second kappa shape index (κ2) is 8.08. The molecule has 1 amide bonds. The normalized spacial score (nSPS) is 21.5. The van der Waals surface area contributed by atoms with E-state index < -0.39 is 16.1 Å². The number of piperidine rings is 1. The summed E-state index contributed by atoms with van der Waals surface area (Å²) in [5, 5.41) is 0.923. The number of carbonyl (C=O) groups is 1. The zero-order valence-corrected chi connectivity index (χ0v) is 18.3. The van der Waals surface area contributed by atoms with E-state index in [9.17, 15) is 13.2 Å². The van der Waals surface area contributed by atoms with E-state index in [2.05, 4.69) is 4.90 Å². The van der Waals surface area contributed by atoms with Crippen LogP contribution in [0.5, 0.6) is 5.75 Å². The van der Waals surface area contributed by atoms with Gasteiger partial charge in [0.1, 0.15) is 17.3 Å². The molecule has 0 saturated carbocycles. The van der Waals surface area contributed by atoms with E-state index in [0.717, 1.165) is 33.9 Å². The van der Waals surface area contributed by atoms with Crippen LogP contribution in [0.1, 0.15) is 19.3 Å². The average Bonchev–Trinajstić information content (AvgIpc) is 3.17.